The average molecular weight is 369 g/mol. The molecule has 0 unspecified atom stereocenters. The number of sulfonamides is 1. The molecular formula is C12H15BrF2N2O2S. The largest absolute Gasteiger partial charge is 0.300 e. The van der Waals surface area contributed by atoms with Crippen molar-refractivity contribution in [3.63, 3.8) is 0 Å². The Hall–Kier alpha value is -0.570. The van der Waals surface area contributed by atoms with Crippen LogP contribution in [0.1, 0.15) is 0 Å². The van der Waals surface area contributed by atoms with Gasteiger partial charge in [0.15, 0.2) is 0 Å². The highest BCUT2D eigenvalue weighted by atomic mass is 79.9. The molecule has 112 valence electrons. The molecule has 8 heteroatoms. The fourth-order valence-corrected chi connectivity index (χ4v) is 4.11. The number of benzene rings is 1. The van der Waals surface area contributed by atoms with E-state index in [1.807, 2.05) is 0 Å². The molecule has 2 rings (SSSR count). The smallest absolute Gasteiger partial charge is 0.246 e. The van der Waals surface area contributed by atoms with Crippen molar-refractivity contribution < 1.29 is 17.2 Å². The lowest BCUT2D eigenvalue weighted by molar-refractivity contribution is 0.198. The van der Waals surface area contributed by atoms with E-state index in [1.54, 1.807) is 0 Å². The quantitative estimate of drug-likeness (QED) is 0.759. The molecule has 20 heavy (non-hydrogen) atoms. The van der Waals surface area contributed by atoms with Crippen LogP contribution in [-0.2, 0) is 10.0 Å². The van der Waals surface area contributed by atoms with E-state index in [0.717, 1.165) is 24.0 Å². The minimum Gasteiger partial charge on any atom is -0.300 e. The predicted molar refractivity (Wildman–Crippen MR) is 75.4 cm³/mol. The topological polar surface area (TPSA) is 40.6 Å². The molecule has 1 fully saturated rings. The molecule has 0 saturated carbocycles. The summed E-state index contributed by atoms with van der Waals surface area (Å²) in [5, 5.41) is 0.826. The van der Waals surface area contributed by atoms with Crippen LogP contribution in [0.2, 0.25) is 0 Å². The lowest BCUT2D eigenvalue weighted by Crippen LogP contribution is -2.49. The second kappa shape index (κ2) is 6.46. The zero-order valence-electron chi connectivity index (χ0n) is 10.7. The summed E-state index contributed by atoms with van der Waals surface area (Å²) in [5.74, 6) is -1.84. The summed E-state index contributed by atoms with van der Waals surface area (Å²) in [6.45, 7) is 2.68. The van der Waals surface area contributed by atoms with Crippen molar-refractivity contribution in [3.8, 4) is 0 Å². The second-order valence-corrected chi connectivity index (χ2v) is 7.21. The van der Waals surface area contributed by atoms with Gasteiger partial charge in [-0.1, -0.05) is 15.9 Å². The number of halogens is 3. The maximum Gasteiger partial charge on any atom is 0.246 e. The SMILES string of the molecule is O=S(=O)(c1ccc(F)cc1F)N1CCN(CCBr)CC1. The molecule has 0 spiro atoms. The Labute approximate surface area is 125 Å². The van der Waals surface area contributed by atoms with Gasteiger partial charge in [-0.3, -0.25) is 4.90 Å². The monoisotopic (exact) mass is 368 g/mol. The summed E-state index contributed by atoms with van der Waals surface area (Å²) < 4.78 is 52.4. The highest BCUT2D eigenvalue weighted by Gasteiger charge is 2.30. The molecule has 4 nitrogen and oxygen atoms in total. The lowest BCUT2D eigenvalue weighted by atomic mass is 10.3. The summed E-state index contributed by atoms with van der Waals surface area (Å²) in [7, 11) is -3.89. The van der Waals surface area contributed by atoms with E-state index in [-0.39, 0.29) is 0 Å². The van der Waals surface area contributed by atoms with Gasteiger partial charge in [0.25, 0.3) is 0 Å². The van der Waals surface area contributed by atoms with Crippen LogP contribution < -0.4 is 0 Å². The van der Waals surface area contributed by atoms with Gasteiger partial charge in [0.2, 0.25) is 10.0 Å². The van der Waals surface area contributed by atoms with Crippen LogP contribution in [0.3, 0.4) is 0 Å². The van der Waals surface area contributed by atoms with Crippen LogP contribution in [0.4, 0.5) is 8.78 Å². The van der Waals surface area contributed by atoms with Crippen molar-refractivity contribution >= 4 is 26.0 Å². The van der Waals surface area contributed by atoms with Crippen LogP contribution in [0.25, 0.3) is 0 Å². The summed E-state index contributed by atoms with van der Waals surface area (Å²) in [6, 6.07) is 2.52. The zero-order valence-corrected chi connectivity index (χ0v) is 13.1. The number of hydrogen-bond acceptors (Lipinski definition) is 3. The molecule has 1 aliphatic heterocycles. The first-order valence-corrected chi connectivity index (χ1v) is 8.75. The molecule has 1 aromatic rings. The first-order chi connectivity index (χ1) is 9.45. The lowest BCUT2D eigenvalue weighted by Gasteiger charge is -2.33. The Morgan fingerprint density at radius 3 is 2.35 bits per heavy atom. The Morgan fingerprint density at radius 2 is 1.80 bits per heavy atom. The third kappa shape index (κ3) is 3.36. The van der Waals surface area contributed by atoms with Gasteiger partial charge in [-0.15, -0.1) is 0 Å². The van der Waals surface area contributed by atoms with Crippen molar-refractivity contribution in [1.82, 2.24) is 9.21 Å². The van der Waals surface area contributed by atoms with Gasteiger partial charge in [-0.05, 0) is 12.1 Å². The number of piperazine rings is 1. The first-order valence-electron chi connectivity index (χ1n) is 6.18. The van der Waals surface area contributed by atoms with Crippen LogP contribution in [0.5, 0.6) is 0 Å². The third-order valence-electron chi connectivity index (χ3n) is 3.24. The van der Waals surface area contributed by atoms with E-state index in [2.05, 4.69) is 20.8 Å². The zero-order chi connectivity index (χ0) is 14.8. The molecule has 0 bridgehead atoms. The molecule has 0 N–H and O–H groups in total. The van der Waals surface area contributed by atoms with Gasteiger partial charge in [0.1, 0.15) is 16.5 Å². The van der Waals surface area contributed by atoms with Crippen molar-refractivity contribution in [2.24, 2.45) is 0 Å². The maximum atomic E-state index is 13.6. The maximum absolute atomic E-state index is 13.6. The van der Waals surface area contributed by atoms with Gasteiger partial charge >= 0.3 is 0 Å². The van der Waals surface area contributed by atoms with Crippen molar-refractivity contribution in [2.75, 3.05) is 38.1 Å². The van der Waals surface area contributed by atoms with E-state index in [9.17, 15) is 17.2 Å². The van der Waals surface area contributed by atoms with Crippen molar-refractivity contribution in [2.45, 2.75) is 4.90 Å². The Morgan fingerprint density at radius 1 is 1.15 bits per heavy atom. The highest BCUT2D eigenvalue weighted by Crippen LogP contribution is 2.21. The molecule has 0 atom stereocenters. The fourth-order valence-electron chi connectivity index (χ4n) is 2.14. The van der Waals surface area contributed by atoms with Gasteiger partial charge in [-0.25, -0.2) is 17.2 Å². The van der Waals surface area contributed by atoms with E-state index in [1.165, 1.54) is 4.31 Å². The number of nitrogens with zero attached hydrogens (tertiary/aromatic N) is 2. The highest BCUT2D eigenvalue weighted by molar-refractivity contribution is 9.09. The summed E-state index contributed by atoms with van der Waals surface area (Å²) in [6.07, 6.45) is 0. The Kier molecular flexibility index (Phi) is 5.11. The summed E-state index contributed by atoms with van der Waals surface area (Å²) in [5.41, 5.74) is 0. The van der Waals surface area contributed by atoms with Crippen molar-refractivity contribution in [1.29, 1.82) is 0 Å². The molecule has 0 amide bonds. The summed E-state index contributed by atoms with van der Waals surface area (Å²) in [4.78, 5) is 1.66. The Balaban J connectivity index is 2.15. The predicted octanol–water partition coefficient (Wildman–Crippen LogP) is 1.67. The van der Waals surface area contributed by atoms with Crippen LogP contribution in [-0.4, -0.2) is 55.7 Å². The molecule has 1 heterocycles. The number of rotatable bonds is 4. The van der Waals surface area contributed by atoms with Gasteiger partial charge in [0, 0.05) is 44.1 Å². The van der Waals surface area contributed by atoms with Crippen LogP contribution in [0.15, 0.2) is 23.1 Å². The van der Waals surface area contributed by atoms with Crippen LogP contribution in [0, 0.1) is 11.6 Å². The molecule has 1 aromatic carbocycles. The second-order valence-electron chi connectivity index (χ2n) is 4.51. The normalized spacial score (nSPS) is 18.4. The molecular weight excluding hydrogens is 354 g/mol. The Bertz CT molecular complexity index is 575. The molecule has 0 aromatic heterocycles. The van der Waals surface area contributed by atoms with E-state index in [0.29, 0.717) is 32.2 Å². The van der Waals surface area contributed by atoms with E-state index < -0.39 is 26.6 Å². The fraction of sp³-hybridized carbons (Fsp3) is 0.500. The van der Waals surface area contributed by atoms with Crippen LogP contribution >= 0.6 is 15.9 Å². The number of hydrogen-bond donors (Lipinski definition) is 0. The third-order valence-corrected chi connectivity index (χ3v) is 5.53. The van der Waals surface area contributed by atoms with E-state index >= 15 is 0 Å². The van der Waals surface area contributed by atoms with Gasteiger partial charge in [0.05, 0.1) is 0 Å². The van der Waals surface area contributed by atoms with Crippen molar-refractivity contribution in [3.05, 3.63) is 29.8 Å². The number of alkyl halides is 1. The van der Waals surface area contributed by atoms with E-state index in [4.69, 9.17) is 0 Å². The van der Waals surface area contributed by atoms with Gasteiger partial charge < -0.3 is 0 Å². The summed E-state index contributed by atoms with van der Waals surface area (Å²) >= 11 is 3.33. The minimum atomic E-state index is -3.89. The molecule has 0 aliphatic carbocycles. The first kappa shape index (κ1) is 15.8. The minimum absolute atomic E-state index is 0.312. The average Bonchev–Trinajstić information content (AvgIpc) is 2.39. The van der Waals surface area contributed by atoms with Gasteiger partial charge in [-0.2, -0.15) is 4.31 Å². The molecule has 0 radical (unpaired) electrons. The molecule has 1 saturated heterocycles. The molecule has 1 aliphatic rings. The standard InChI is InChI=1S/C12H15BrF2N2O2S/c13-3-4-16-5-7-17(8-6-16)20(18,19)12-2-1-10(14)9-11(12)15/h1-2,9H,3-8H2.